The lowest BCUT2D eigenvalue weighted by molar-refractivity contribution is -0.129. The van der Waals surface area contributed by atoms with Crippen LogP contribution in [0, 0.1) is 11.7 Å². The Labute approximate surface area is 128 Å². The van der Waals surface area contributed by atoms with Crippen molar-refractivity contribution in [3.8, 4) is 0 Å². The summed E-state index contributed by atoms with van der Waals surface area (Å²) in [6.45, 7) is 0.543. The maximum absolute atomic E-state index is 13.0. The van der Waals surface area contributed by atoms with Crippen LogP contribution in [0.4, 0.5) is 4.39 Å². The second kappa shape index (κ2) is 7.17. The van der Waals surface area contributed by atoms with Crippen LogP contribution in [0.2, 0.25) is 0 Å². The van der Waals surface area contributed by atoms with Gasteiger partial charge in [0.1, 0.15) is 5.82 Å². The number of primary amides is 1. The molecule has 1 heterocycles. The third kappa shape index (κ3) is 4.39. The van der Waals surface area contributed by atoms with Gasteiger partial charge in [0.15, 0.2) is 0 Å². The van der Waals surface area contributed by atoms with Gasteiger partial charge in [-0.2, -0.15) is 0 Å². The van der Waals surface area contributed by atoms with Gasteiger partial charge < -0.3 is 15.7 Å². The van der Waals surface area contributed by atoms with Gasteiger partial charge in [-0.1, -0.05) is 24.3 Å². The van der Waals surface area contributed by atoms with Gasteiger partial charge in [-0.15, -0.1) is 0 Å². The second-order valence-corrected chi connectivity index (χ2v) is 5.46. The molecule has 1 aromatic rings. The molecule has 2 amide bonds. The molecule has 5 nitrogen and oxygen atoms in total. The van der Waals surface area contributed by atoms with Gasteiger partial charge in [-0.25, -0.2) is 4.39 Å². The number of carbonyl (C=O) groups excluding carboxylic acids is 2. The zero-order chi connectivity index (χ0) is 16.1. The standard InChI is InChI=1S/C16H19FN2O3/c17-13-5-1-3-11(7-13)4-2-6-16(22)19-9-12(8-15(18)21)14(20)10-19/h1-5,7,12,14,20H,6,8-10H2,(H2,18,21)/b4-2+/t12-,14-/m1/s1. The number of hydrogen-bond acceptors (Lipinski definition) is 3. The zero-order valence-corrected chi connectivity index (χ0v) is 12.1. The van der Waals surface area contributed by atoms with Crippen molar-refractivity contribution in [2.75, 3.05) is 13.1 Å². The number of β-amino-alcohol motifs (C(OH)–C–C–N with tert-alkyl or cyclic N) is 1. The highest BCUT2D eigenvalue weighted by atomic mass is 19.1. The van der Waals surface area contributed by atoms with E-state index in [9.17, 15) is 19.1 Å². The van der Waals surface area contributed by atoms with Gasteiger partial charge in [-0.05, 0) is 17.7 Å². The minimum absolute atomic E-state index is 0.0735. The average molecular weight is 306 g/mol. The molecule has 0 saturated carbocycles. The fourth-order valence-corrected chi connectivity index (χ4v) is 2.55. The fraction of sp³-hybridized carbons (Fsp3) is 0.375. The summed E-state index contributed by atoms with van der Waals surface area (Å²) in [5.41, 5.74) is 5.80. The minimum atomic E-state index is -0.719. The summed E-state index contributed by atoms with van der Waals surface area (Å²) >= 11 is 0. The summed E-state index contributed by atoms with van der Waals surface area (Å²) in [7, 11) is 0. The van der Waals surface area contributed by atoms with Crippen molar-refractivity contribution in [1.82, 2.24) is 4.90 Å². The minimum Gasteiger partial charge on any atom is -0.391 e. The Hall–Kier alpha value is -2.21. The van der Waals surface area contributed by atoms with E-state index < -0.39 is 12.0 Å². The maximum atomic E-state index is 13.0. The van der Waals surface area contributed by atoms with Crippen LogP contribution in [0.25, 0.3) is 6.08 Å². The molecule has 1 fully saturated rings. The quantitative estimate of drug-likeness (QED) is 0.848. The van der Waals surface area contributed by atoms with Gasteiger partial charge in [0.05, 0.1) is 6.10 Å². The lowest BCUT2D eigenvalue weighted by atomic mass is 10.0. The highest BCUT2D eigenvalue weighted by Gasteiger charge is 2.34. The topological polar surface area (TPSA) is 83.6 Å². The van der Waals surface area contributed by atoms with Crippen LogP contribution >= 0.6 is 0 Å². The number of carbonyl (C=O) groups is 2. The van der Waals surface area contributed by atoms with Crippen molar-refractivity contribution in [1.29, 1.82) is 0 Å². The molecule has 2 atom stereocenters. The first-order chi connectivity index (χ1) is 10.5. The summed E-state index contributed by atoms with van der Waals surface area (Å²) < 4.78 is 13.0. The van der Waals surface area contributed by atoms with Crippen LogP contribution in [0.3, 0.4) is 0 Å². The SMILES string of the molecule is NC(=O)C[C@@H]1CN(C(=O)C/C=C/c2cccc(F)c2)C[C@H]1O. The van der Waals surface area contributed by atoms with Crippen molar-refractivity contribution < 1.29 is 19.1 Å². The summed E-state index contributed by atoms with van der Waals surface area (Å²) in [5, 5.41) is 9.83. The van der Waals surface area contributed by atoms with Crippen molar-refractivity contribution in [2.45, 2.75) is 18.9 Å². The number of rotatable bonds is 5. The van der Waals surface area contributed by atoms with Gasteiger partial charge >= 0.3 is 0 Å². The third-order valence-corrected chi connectivity index (χ3v) is 3.67. The van der Waals surface area contributed by atoms with Crippen molar-refractivity contribution in [2.24, 2.45) is 11.7 Å². The van der Waals surface area contributed by atoms with Gasteiger partial charge in [0.2, 0.25) is 11.8 Å². The van der Waals surface area contributed by atoms with Crippen molar-refractivity contribution >= 4 is 17.9 Å². The normalized spacial score (nSPS) is 21.5. The average Bonchev–Trinajstić information content (AvgIpc) is 2.79. The van der Waals surface area contributed by atoms with Crippen molar-refractivity contribution in [3.63, 3.8) is 0 Å². The van der Waals surface area contributed by atoms with E-state index in [4.69, 9.17) is 5.73 Å². The molecule has 1 aliphatic rings. The highest BCUT2D eigenvalue weighted by Crippen LogP contribution is 2.21. The molecule has 118 valence electrons. The number of halogens is 1. The Morgan fingerprint density at radius 2 is 2.18 bits per heavy atom. The Morgan fingerprint density at radius 1 is 1.41 bits per heavy atom. The number of likely N-dealkylation sites (tertiary alicyclic amines) is 1. The number of aliphatic hydroxyl groups excluding tert-OH is 1. The lowest BCUT2D eigenvalue weighted by Gasteiger charge is -2.14. The molecule has 0 radical (unpaired) electrons. The number of hydrogen-bond donors (Lipinski definition) is 2. The van der Waals surface area contributed by atoms with Gasteiger partial charge in [0.25, 0.3) is 0 Å². The lowest BCUT2D eigenvalue weighted by Crippen LogP contribution is -2.29. The first kappa shape index (κ1) is 16.2. The Kier molecular flexibility index (Phi) is 5.27. The number of benzene rings is 1. The first-order valence-electron chi connectivity index (χ1n) is 7.12. The molecule has 0 aromatic heterocycles. The summed E-state index contributed by atoms with van der Waals surface area (Å²) in [4.78, 5) is 24.5. The molecule has 0 aliphatic carbocycles. The van der Waals surface area contributed by atoms with Gasteiger partial charge in [-0.3, -0.25) is 9.59 Å². The molecular formula is C16H19FN2O3. The molecule has 2 rings (SSSR count). The summed E-state index contributed by atoms with van der Waals surface area (Å²) in [6.07, 6.45) is 2.85. The Morgan fingerprint density at radius 3 is 2.86 bits per heavy atom. The number of aliphatic hydroxyl groups is 1. The molecule has 1 saturated heterocycles. The summed E-state index contributed by atoms with van der Waals surface area (Å²) in [5.74, 6) is -1.25. The fourth-order valence-electron chi connectivity index (χ4n) is 2.55. The molecule has 0 unspecified atom stereocenters. The monoisotopic (exact) mass is 306 g/mol. The van der Waals surface area contributed by atoms with Crippen molar-refractivity contribution in [3.05, 3.63) is 41.7 Å². The van der Waals surface area contributed by atoms with E-state index in [-0.39, 0.29) is 37.0 Å². The van der Waals surface area contributed by atoms with Gasteiger partial charge in [0, 0.05) is 31.8 Å². The first-order valence-corrected chi connectivity index (χ1v) is 7.12. The number of nitrogens with two attached hydrogens (primary N) is 1. The largest absolute Gasteiger partial charge is 0.391 e. The maximum Gasteiger partial charge on any atom is 0.226 e. The molecule has 1 aromatic carbocycles. The summed E-state index contributed by atoms with van der Waals surface area (Å²) in [6, 6.07) is 6.07. The van der Waals surface area contributed by atoms with E-state index in [2.05, 4.69) is 0 Å². The van der Waals surface area contributed by atoms with Crippen LogP contribution in [0.5, 0.6) is 0 Å². The molecular weight excluding hydrogens is 287 g/mol. The van der Waals surface area contributed by atoms with Crippen LogP contribution in [-0.2, 0) is 9.59 Å². The van der Waals surface area contributed by atoms with Crippen LogP contribution < -0.4 is 5.73 Å². The smallest absolute Gasteiger partial charge is 0.226 e. The highest BCUT2D eigenvalue weighted by molar-refractivity contribution is 5.79. The molecule has 1 aliphatic heterocycles. The molecule has 22 heavy (non-hydrogen) atoms. The Bertz CT molecular complexity index is 589. The zero-order valence-electron chi connectivity index (χ0n) is 12.1. The van der Waals surface area contributed by atoms with E-state index in [1.54, 1.807) is 24.3 Å². The molecule has 0 spiro atoms. The van der Waals surface area contributed by atoms with Crippen LogP contribution in [0.15, 0.2) is 30.3 Å². The van der Waals surface area contributed by atoms with E-state index >= 15 is 0 Å². The Balaban J connectivity index is 1.86. The van der Waals surface area contributed by atoms with Crippen LogP contribution in [0.1, 0.15) is 18.4 Å². The second-order valence-electron chi connectivity index (χ2n) is 5.46. The molecule has 6 heteroatoms. The van der Waals surface area contributed by atoms with E-state index in [0.29, 0.717) is 12.1 Å². The number of amides is 2. The number of nitrogens with zero attached hydrogens (tertiary/aromatic N) is 1. The third-order valence-electron chi connectivity index (χ3n) is 3.67. The predicted molar refractivity (Wildman–Crippen MR) is 79.9 cm³/mol. The van der Waals surface area contributed by atoms with Crippen LogP contribution in [-0.4, -0.2) is 41.0 Å². The predicted octanol–water partition coefficient (Wildman–Crippen LogP) is 0.924. The van der Waals surface area contributed by atoms with E-state index in [0.717, 1.165) is 0 Å². The molecule has 0 bridgehead atoms. The van der Waals surface area contributed by atoms with E-state index in [1.807, 2.05) is 0 Å². The van der Waals surface area contributed by atoms with E-state index in [1.165, 1.54) is 17.0 Å². The molecule has 3 N–H and O–H groups in total.